The van der Waals surface area contributed by atoms with Crippen LogP contribution in [0.15, 0.2) is 6.33 Å². The summed E-state index contributed by atoms with van der Waals surface area (Å²) < 4.78 is 1.68. The highest BCUT2D eigenvalue weighted by Crippen LogP contribution is 2.30. The molecular formula is C12H20N4O2. The summed E-state index contributed by atoms with van der Waals surface area (Å²) in [7, 11) is 1.78. The van der Waals surface area contributed by atoms with Gasteiger partial charge in [0.15, 0.2) is 0 Å². The number of hydrogen-bond acceptors (Lipinski definition) is 4. The number of aryl methyl sites for hydroxylation is 1. The number of hydrogen-bond donors (Lipinski definition) is 1. The SMILES string of the molecule is CCC1CCC(Nc2c([N+](=O)[O-])ncn2C)CC1. The fourth-order valence-corrected chi connectivity index (χ4v) is 2.63. The van der Waals surface area contributed by atoms with E-state index in [2.05, 4.69) is 17.2 Å². The third-order valence-corrected chi connectivity index (χ3v) is 3.86. The molecule has 1 aromatic rings. The minimum absolute atomic E-state index is 0.0740. The molecule has 1 N–H and O–H groups in total. The second-order valence-electron chi connectivity index (χ2n) is 5.06. The Morgan fingerprint density at radius 3 is 2.72 bits per heavy atom. The third-order valence-electron chi connectivity index (χ3n) is 3.86. The van der Waals surface area contributed by atoms with Gasteiger partial charge in [-0.3, -0.25) is 4.57 Å². The molecule has 0 radical (unpaired) electrons. The van der Waals surface area contributed by atoms with Crippen LogP contribution in [0.3, 0.4) is 0 Å². The molecule has 0 bridgehead atoms. The van der Waals surface area contributed by atoms with Crippen molar-refractivity contribution in [2.24, 2.45) is 13.0 Å². The van der Waals surface area contributed by atoms with Gasteiger partial charge in [0.2, 0.25) is 12.1 Å². The van der Waals surface area contributed by atoms with Crippen LogP contribution in [-0.2, 0) is 7.05 Å². The quantitative estimate of drug-likeness (QED) is 0.660. The molecule has 0 amide bonds. The van der Waals surface area contributed by atoms with Crippen LogP contribution in [0.5, 0.6) is 0 Å². The maximum atomic E-state index is 10.9. The Balaban J connectivity index is 2.02. The standard InChI is InChI=1S/C12H20N4O2/c1-3-9-4-6-10(7-5-9)14-12-11(16(17)18)13-8-15(12)2/h8-10,14H,3-7H2,1-2H3. The number of nitrogens with zero attached hydrogens (tertiary/aromatic N) is 3. The Kier molecular flexibility index (Phi) is 3.84. The molecule has 18 heavy (non-hydrogen) atoms. The molecule has 1 fully saturated rings. The lowest BCUT2D eigenvalue weighted by atomic mass is 9.84. The van der Waals surface area contributed by atoms with Crippen LogP contribution in [0.1, 0.15) is 39.0 Å². The van der Waals surface area contributed by atoms with Gasteiger partial charge >= 0.3 is 5.82 Å². The van der Waals surface area contributed by atoms with Crippen molar-refractivity contribution in [3.05, 3.63) is 16.4 Å². The van der Waals surface area contributed by atoms with Crippen LogP contribution >= 0.6 is 0 Å². The van der Waals surface area contributed by atoms with Gasteiger partial charge in [-0.05, 0) is 41.5 Å². The van der Waals surface area contributed by atoms with Crippen molar-refractivity contribution in [2.75, 3.05) is 5.32 Å². The molecule has 0 unspecified atom stereocenters. The fourth-order valence-electron chi connectivity index (χ4n) is 2.63. The summed E-state index contributed by atoms with van der Waals surface area (Å²) in [5.41, 5.74) is 0. The van der Waals surface area contributed by atoms with Crippen molar-refractivity contribution in [3.8, 4) is 0 Å². The van der Waals surface area contributed by atoms with Crippen molar-refractivity contribution in [2.45, 2.75) is 45.1 Å². The van der Waals surface area contributed by atoms with Gasteiger partial charge in [-0.2, -0.15) is 0 Å². The van der Waals surface area contributed by atoms with Gasteiger partial charge in [-0.25, -0.2) is 0 Å². The maximum absolute atomic E-state index is 10.9. The molecule has 6 nitrogen and oxygen atoms in total. The molecule has 0 spiro atoms. The first-order valence-electron chi connectivity index (χ1n) is 6.54. The predicted octanol–water partition coefficient (Wildman–Crippen LogP) is 2.71. The van der Waals surface area contributed by atoms with Crippen molar-refractivity contribution in [1.82, 2.24) is 9.55 Å². The first kappa shape index (κ1) is 12.9. The van der Waals surface area contributed by atoms with Gasteiger partial charge in [-0.15, -0.1) is 0 Å². The zero-order valence-corrected chi connectivity index (χ0v) is 10.9. The third kappa shape index (κ3) is 2.63. The monoisotopic (exact) mass is 252 g/mol. The molecular weight excluding hydrogens is 232 g/mol. The second-order valence-corrected chi connectivity index (χ2v) is 5.06. The van der Waals surface area contributed by atoms with Gasteiger partial charge < -0.3 is 15.4 Å². The molecule has 0 atom stereocenters. The van der Waals surface area contributed by atoms with Crippen molar-refractivity contribution >= 4 is 11.6 Å². The van der Waals surface area contributed by atoms with Crippen LogP contribution in [0, 0.1) is 16.0 Å². The summed E-state index contributed by atoms with van der Waals surface area (Å²) in [5.74, 6) is 1.28. The maximum Gasteiger partial charge on any atom is 0.406 e. The van der Waals surface area contributed by atoms with Crippen LogP contribution in [0.4, 0.5) is 11.6 Å². The van der Waals surface area contributed by atoms with Gasteiger partial charge in [0.1, 0.15) is 0 Å². The summed E-state index contributed by atoms with van der Waals surface area (Å²) in [6, 6.07) is 0.335. The Morgan fingerprint density at radius 2 is 2.17 bits per heavy atom. The van der Waals surface area contributed by atoms with E-state index < -0.39 is 4.92 Å². The minimum Gasteiger partial charge on any atom is -0.362 e. The number of nitrogens with one attached hydrogen (secondary N) is 1. The number of imidazole rings is 1. The number of anilines is 1. The molecule has 1 aliphatic rings. The Hall–Kier alpha value is -1.59. The van der Waals surface area contributed by atoms with E-state index in [4.69, 9.17) is 0 Å². The van der Waals surface area contributed by atoms with Gasteiger partial charge in [0, 0.05) is 13.1 Å². The summed E-state index contributed by atoms with van der Waals surface area (Å²) in [6.07, 6.45) is 7.30. The average Bonchev–Trinajstić information content (AvgIpc) is 2.72. The van der Waals surface area contributed by atoms with E-state index in [1.807, 2.05) is 0 Å². The molecule has 0 aromatic carbocycles. The lowest BCUT2D eigenvalue weighted by molar-refractivity contribution is -0.388. The first-order chi connectivity index (χ1) is 8.61. The Morgan fingerprint density at radius 1 is 1.50 bits per heavy atom. The molecule has 1 heterocycles. The highest BCUT2D eigenvalue weighted by atomic mass is 16.6. The van der Waals surface area contributed by atoms with E-state index >= 15 is 0 Å². The van der Waals surface area contributed by atoms with Gasteiger partial charge in [-0.1, -0.05) is 13.3 Å². The molecule has 0 aliphatic heterocycles. The lowest BCUT2D eigenvalue weighted by Crippen LogP contribution is -2.27. The molecule has 1 saturated carbocycles. The largest absolute Gasteiger partial charge is 0.406 e. The highest BCUT2D eigenvalue weighted by Gasteiger charge is 2.25. The topological polar surface area (TPSA) is 73.0 Å². The van der Waals surface area contributed by atoms with Crippen LogP contribution < -0.4 is 5.32 Å². The van der Waals surface area contributed by atoms with Gasteiger partial charge in [0.05, 0.1) is 0 Å². The summed E-state index contributed by atoms with van der Waals surface area (Å²) >= 11 is 0. The average molecular weight is 252 g/mol. The summed E-state index contributed by atoms with van der Waals surface area (Å²) in [4.78, 5) is 14.2. The number of nitro groups is 1. The van der Waals surface area contributed by atoms with Crippen molar-refractivity contribution in [1.29, 1.82) is 0 Å². The van der Waals surface area contributed by atoms with Crippen LogP contribution in [-0.4, -0.2) is 20.5 Å². The highest BCUT2D eigenvalue weighted by molar-refractivity contribution is 5.52. The Labute approximate surface area is 107 Å². The second kappa shape index (κ2) is 5.37. The fraction of sp³-hybridized carbons (Fsp3) is 0.750. The van der Waals surface area contributed by atoms with E-state index in [0.29, 0.717) is 11.9 Å². The summed E-state index contributed by atoms with van der Waals surface area (Å²) in [5, 5.41) is 14.1. The van der Waals surface area contributed by atoms with Crippen molar-refractivity contribution in [3.63, 3.8) is 0 Å². The van der Waals surface area contributed by atoms with E-state index in [0.717, 1.165) is 18.8 Å². The molecule has 1 aromatic heterocycles. The number of aromatic nitrogens is 2. The normalized spacial score (nSPS) is 23.9. The first-order valence-corrected chi connectivity index (χ1v) is 6.54. The molecule has 100 valence electrons. The molecule has 6 heteroatoms. The Bertz CT molecular complexity index is 422. The predicted molar refractivity (Wildman–Crippen MR) is 69.5 cm³/mol. The smallest absolute Gasteiger partial charge is 0.362 e. The van der Waals surface area contributed by atoms with E-state index in [-0.39, 0.29) is 5.82 Å². The number of rotatable bonds is 4. The van der Waals surface area contributed by atoms with E-state index in [9.17, 15) is 10.1 Å². The van der Waals surface area contributed by atoms with Gasteiger partial charge in [0.25, 0.3) is 0 Å². The summed E-state index contributed by atoms with van der Waals surface area (Å²) in [6.45, 7) is 2.23. The molecule has 0 saturated heterocycles. The lowest BCUT2D eigenvalue weighted by Gasteiger charge is -2.28. The van der Waals surface area contributed by atoms with Crippen molar-refractivity contribution < 1.29 is 4.92 Å². The zero-order valence-electron chi connectivity index (χ0n) is 10.9. The zero-order chi connectivity index (χ0) is 13.1. The molecule has 1 aliphatic carbocycles. The minimum atomic E-state index is -0.431. The van der Waals surface area contributed by atoms with Crippen LogP contribution in [0.2, 0.25) is 0 Å². The molecule has 2 rings (SSSR count). The van der Waals surface area contributed by atoms with E-state index in [1.165, 1.54) is 25.6 Å². The van der Waals surface area contributed by atoms with Crippen LogP contribution in [0.25, 0.3) is 0 Å². The van der Waals surface area contributed by atoms with E-state index in [1.54, 1.807) is 11.6 Å².